The Balaban J connectivity index is 1.99. The highest BCUT2D eigenvalue weighted by atomic mass is 35.5. The van der Waals surface area contributed by atoms with Gasteiger partial charge in [0.25, 0.3) is 0 Å². The van der Waals surface area contributed by atoms with Gasteiger partial charge in [0.15, 0.2) is 5.58 Å². The molecule has 1 fully saturated rings. The number of oxazole rings is 1. The van der Waals surface area contributed by atoms with Gasteiger partial charge in [-0.25, -0.2) is 9.37 Å². The third kappa shape index (κ3) is 2.22. The first-order valence-electron chi connectivity index (χ1n) is 6.23. The molecule has 5 heteroatoms. The van der Waals surface area contributed by atoms with Crippen LogP contribution in [0.4, 0.5) is 4.39 Å². The molecule has 0 bridgehead atoms. The molecule has 1 aliphatic heterocycles. The van der Waals surface area contributed by atoms with Crippen molar-refractivity contribution in [3.8, 4) is 0 Å². The highest BCUT2D eigenvalue weighted by molar-refractivity contribution is 6.34. The molecular formula is C13H14ClFN2O. The van der Waals surface area contributed by atoms with Gasteiger partial charge < -0.3 is 9.73 Å². The van der Waals surface area contributed by atoms with E-state index in [4.69, 9.17) is 16.0 Å². The number of aromatic nitrogens is 1. The highest BCUT2D eigenvalue weighted by Crippen LogP contribution is 2.30. The molecule has 18 heavy (non-hydrogen) atoms. The first kappa shape index (κ1) is 11.9. The average molecular weight is 269 g/mol. The van der Waals surface area contributed by atoms with Gasteiger partial charge in [-0.2, -0.15) is 0 Å². The SMILES string of the molecule is Fc1cc(Cl)c2oc(C3CCCCCN3)nc2c1. The first-order valence-corrected chi connectivity index (χ1v) is 6.61. The summed E-state index contributed by atoms with van der Waals surface area (Å²) in [5.41, 5.74) is 0.958. The van der Waals surface area contributed by atoms with Gasteiger partial charge in [-0.05, 0) is 25.5 Å². The van der Waals surface area contributed by atoms with Crippen molar-refractivity contribution in [3.63, 3.8) is 0 Å². The number of rotatable bonds is 1. The summed E-state index contributed by atoms with van der Waals surface area (Å²) in [6.45, 7) is 0.964. The summed E-state index contributed by atoms with van der Waals surface area (Å²) in [4.78, 5) is 4.35. The predicted octanol–water partition coefficient (Wildman–Crippen LogP) is 3.83. The van der Waals surface area contributed by atoms with E-state index in [9.17, 15) is 4.39 Å². The second-order valence-electron chi connectivity index (χ2n) is 4.64. The molecule has 3 rings (SSSR count). The molecule has 0 aliphatic carbocycles. The average Bonchev–Trinajstić information content (AvgIpc) is 2.59. The molecule has 2 heterocycles. The molecule has 96 valence electrons. The Kier molecular flexibility index (Phi) is 3.22. The van der Waals surface area contributed by atoms with E-state index in [1.165, 1.54) is 25.0 Å². The van der Waals surface area contributed by atoms with Crippen LogP contribution in [0.5, 0.6) is 0 Å². The third-order valence-electron chi connectivity index (χ3n) is 3.28. The van der Waals surface area contributed by atoms with E-state index >= 15 is 0 Å². The van der Waals surface area contributed by atoms with Gasteiger partial charge in [-0.15, -0.1) is 0 Å². The van der Waals surface area contributed by atoms with Crippen LogP contribution in [0.1, 0.15) is 37.6 Å². The number of fused-ring (bicyclic) bond motifs is 1. The minimum absolute atomic E-state index is 0.110. The Hall–Kier alpha value is -1.13. The zero-order chi connectivity index (χ0) is 12.5. The van der Waals surface area contributed by atoms with E-state index in [0.29, 0.717) is 17.0 Å². The Bertz CT molecular complexity index is 561. The molecule has 1 aromatic carbocycles. The fourth-order valence-corrected chi connectivity index (χ4v) is 2.61. The van der Waals surface area contributed by atoms with Crippen molar-refractivity contribution >= 4 is 22.7 Å². The second-order valence-corrected chi connectivity index (χ2v) is 5.05. The molecule has 0 saturated carbocycles. The summed E-state index contributed by atoms with van der Waals surface area (Å²) in [5.74, 6) is 0.223. The Morgan fingerprint density at radius 1 is 1.33 bits per heavy atom. The van der Waals surface area contributed by atoms with Crippen LogP contribution in [0.3, 0.4) is 0 Å². The fraction of sp³-hybridized carbons (Fsp3) is 0.462. The number of nitrogens with one attached hydrogen (secondary N) is 1. The highest BCUT2D eigenvalue weighted by Gasteiger charge is 2.20. The van der Waals surface area contributed by atoms with Gasteiger partial charge in [0.05, 0.1) is 11.1 Å². The standard InChI is InChI=1S/C13H14ClFN2O/c14-9-6-8(15)7-11-12(9)18-13(17-11)10-4-2-1-3-5-16-10/h6-7,10,16H,1-5H2. The number of halogens is 2. The van der Waals surface area contributed by atoms with E-state index in [1.54, 1.807) is 0 Å². The van der Waals surface area contributed by atoms with E-state index in [1.807, 2.05) is 0 Å². The summed E-state index contributed by atoms with van der Waals surface area (Å²) >= 11 is 5.95. The maximum absolute atomic E-state index is 13.2. The Labute approximate surface area is 109 Å². The van der Waals surface area contributed by atoms with Crippen LogP contribution >= 0.6 is 11.6 Å². The van der Waals surface area contributed by atoms with Crippen molar-refractivity contribution < 1.29 is 8.81 Å². The van der Waals surface area contributed by atoms with E-state index in [0.717, 1.165) is 19.4 Å². The number of hydrogen-bond donors (Lipinski definition) is 1. The van der Waals surface area contributed by atoms with Crippen molar-refractivity contribution in [3.05, 3.63) is 28.9 Å². The van der Waals surface area contributed by atoms with Crippen molar-refractivity contribution in [2.75, 3.05) is 6.54 Å². The summed E-state index contributed by atoms with van der Waals surface area (Å²) in [7, 11) is 0. The van der Waals surface area contributed by atoms with Crippen LogP contribution in [0, 0.1) is 5.82 Å². The molecule has 0 spiro atoms. The summed E-state index contributed by atoms with van der Waals surface area (Å²) < 4.78 is 18.9. The van der Waals surface area contributed by atoms with Gasteiger partial charge in [0.1, 0.15) is 11.3 Å². The molecule has 0 amide bonds. The zero-order valence-electron chi connectivity index (χ0n) is 9.88. The predicted molar refractivity (Wildman–Crippen MR) is 68.2 cm³/mol. The molecule has 1 saturated heterocycles. The van der Waals surface area contributed by atoms with Crippen molar-refractivity contribution in [2.24, 2.45) is 0 Å². The lowest BCUT2D eigenvalue weighted by atomic mass is 10.1. The fourth-order valence-electron chi connectivity index (χ4n) is 2.37. The van der Waals surface area contributed by atoms with Gasteiger partial charge in [0, 0.05) is 6.07 Å². The van der Waals surface area contributed by atoms with E-state index in [-0.39, 0.29) is 16.9 Å². The Morgan fingerprint density at radius 3 is 3.11 bits per heavy atom. The second kappa shape index (κ2) is 4.86. The van der Waals surface area contributed by atoms with E-state index < -0.39 is 0 Å². The van der Waals surface area contributed by atoms with Crippen LogP contribution in [0.15, 0.2) is 16.5 Å². The van der Waals surface area contributed by atoms with E-state index in [2.05, 4.69) is 10.3 Å². The maximum Gasteiger partial charge on any atom is 0.212 e. The molecule has 1 atom stereocenters. The van der Waals surface area contributed by atoms with Crippen molar-refractivity contribution in [1.82, 2.24) is 10.3 Å². The molecule has 1 unspecified atom stereocenters. The molecular weight excluding hydrogens is 255 g/mol. The molecule has 1 aromatic heterocycles. The van der Waals surface area contributed by atoms with Gasteiger partial charge in [-0.3, -0.25) is 0 Å². The lowest BCUT2D eigenvalue weighted by Crippen LogP contribution is -2.20. The van der Waals surface area contributed by atoms with Crippen LogP contribution in [0.25, 0.3) is 11.1 Å². The third-order valence-corrected chi connectivity index (χ3v) is 3.57. The van der Waals surface area contributed by atoms with Crippen LogP contribution in [0.2, 0.25) is 5.02 Å². The number of nitrogens with zero attached hydrogens (tertiary/aromatic N) is 1. The lowest BCUT2D eigenvalue weighted by Gasteiger charge is -2.10. The number of hydrogen-bond acceptors (Lipinski definition) is 3. The molecule has 3 nitrogen and oxygen atoms in total. The minimum Gasteiger partial charge on any atom is -0.437 e. The topological polar surface area (TPSA) is 38.1 Å². The number of benzene rings is 1. The van der Waals surface area contributed by atoms with Gasteiger partial charge in [0.2, 0.25) is 5.89 Å². The zero-order valence-corrected chi connectivity index (χ0v) is 10.6. The molecule has 1 aliphatic rings. The van der Waals surface area contributed by atoms with Crippen LogP contribution in [-0.2, 0) is 0 Å². The first-order chi connectivity index (χ1) is 8.74. The summed E-state index contributed by atoms with van der Waals surface area (Å²) in [6.07, 6.45) is 4.54. The maximum atomic E-state index is 13.2. The quantitative estimate of drug-likeness (QED) is 0.854. The smallest absolute Gasteiger partial charge is 0.212 e. The monoisotopic (exact) mass is 268 g/mol. The van der Waals surface area contributed by atoms with Gasteiger partial charge >= 0.3 is 0 Å². The largest absolute Gasteiger partial charge is 0.437 e. The molecule has 2 aromatic rings. The van der Waals surface area contributed by atoms with Crippen molar-refractivity contribution in [1.29, 1.82) is 0 Å². The minimum atomic E-state index is -0.388. The Morgan fingerprint density at radius 2 is 2.22 bits per heavy atom. The van der Waals surface area contributed by atoms with Gasteiger partial charge in [-0.1, -0.05) is 24.4 Å². The summed E-state index contributed by atoms with van der Waals surface area (Å²) in [5, 5.41) is 3.68. The summed E-state index contributed by atoms with van der Waals surface area (Å²) in [6, 6.07) is 2.71. The van der Waals surface area contributed by atoms with Crippen LogP contribution in [-0.4, -0.2) is 11.5 Å². The van der Waals surface area contributed by atoms with Crippen LogP contribution < -0.4 is 5.32 Å². The molecule has 1 N–H and O–H groups in total. The van der Waals surface area contributed by atoms with Crippen molar-refractivity contribution in [2.45, 2.75) is 31.7 Å². The normalized spacial score (nSPS) is 21.1. The lowest BCUT2D eigenvalue weighted by molar-refractivity contribution is 0.410. The molecule has 0 radical (unpaired) electrons.